The van der Waals surface area contributed by atoms with Crippen LogP contribution in [0.15, 0.2) is 42.5 Å². The van der Waals surface area contributed by atoms with Crippen molar-refractivity contribution in [3.05, 3.63) is 63.7 Å². The summed E-state index contributed by atoms with van der Waals surface area (Å²) >= 11 is 0. The van der Waals surface area contributed by atoms with E-state index >= 15 is 0 Å². The summed E-state index contributed by atoms with van der Waals surface area (Å²) in [7, 11) is 0. The van der Waals surface area contributed by atoms with Crippen molar-refractivity contribution in [2.45, 2.75) is 68.7 Å². The fourth-order valence-corrected chi connectivity index (χ4v) is 6.02. The number of amides is 1. The maximum Gasteiger partial charge on any atom is 0.423 e. The van der Waals surface area contributed by atoms with Crippen LogP contribution in [0.3, 0.4) is 0 Å². The highest BCUT2D eigenvalue weighted by Gasteiger charge is 2.45. The van der Waals surface area contributed by atoms with Crippen LogP contribution in [0.4, 0.5) is 43.4 Å². The van der Waals surface area contributed by atoms with Gasteiger partial charge in [-0.05, 0) is 68.5 Å². The van der Waals surface area contributed by atoms with Crippen molar-refractivity contribution in [2.75, 3.05) is 29.9 Å². The van der Waals surface area contributed by atoms with Crippen LogP contribution < -0.4 is 10.2 Å². The van der Waals surface area contributed by atoms with Gasteiger partial charge in [0.2, 0.25) is 5.91 Å². The van der Waals surface area contributed by atoms with Crippen molar-refractivity contribution in [3.8, 4) is 0 Å². The van der Waals surface area contributed by atoms with Crippen LogP contribution in [-0.2, 0) is 21.9 Å². The number of piperazine rings is 1. The smallest absolute Gasteiger partial charge is 0.382 e. The topological polar surface area (TPSA) is 87.9 Å². The maximum absolute atomic E-state index is 13.3. The van der Waals surface area contributed by atoms with Gasteiger partial charge in [0.05, 0.1) is 22.6 Å². The van der Waals surface area contributed by atoms with Gasteiger partial charge in [0.15, 0.2) is 0 Å². The number of hydrogen-bond acceptors (Lipinski definition) is 6. The SMILES string of the molecule is O=C(CO[C@H]1CC[C@H](Nc2ccc([N+](=O)[O-])c(C(F)(F)F)c2)CC1)N1CC2CC1CN2c1ccc(C(F)(F)F)cc1. The van der Waals surface area contributed by atoms with Gasteiger partial charge in [-0.25, -0.2) is 0 Å². The van der Waals surface area contributed by atoms with Crippen LogP contribution in [0.1, 0.15) is 43.2 Å². The summed E-state index contributed by atoms with van der Waals surface area (Å²) in [6.07, 6.45) is -6.31. The fourth-order valence-electron chi connectivity index (χ4n) is 6.02. The van der Waals surface area contributed by atoms with Crippen molar-refractivity contribution < 1.29 is 40.8 Å². The van der Waals surface area contributed by atoms with Gasteiger partial charge >= 0.3 is 12.4 Å². The first-order chi connectivity index (χ1) is 19.3. The molecule has 41 heavy (non-hydrogen) atoms. The van der Waals surface area contributed by atoms with E-state index in [0.29, 0.717) is 44.5 Å². The molecule has 2 aromatic carbocycles. The van der Waals surface area contributed by atoms with E-state index in [1.54, 1.807) is 4.90 Å². The number of halogens is 6. The standard InChI is InChI=1S/C27H28F6N4O4/c28-26(29,30)16-1-6-19(7-2-16)35-13-21-12-20(35)14-36(21)25(38)15-41-22-8-3-17(4-9-22)34-18-5-10-24(37(39)40)23(11-18)27(31,32)33/h1-2,5-7,10-11,17,20-22,34H,3-4,8-9,12-15H2/t17-,20?,21?,22-. The zero-order chi connectivity index (χ0) is 29.5. The van der Waals surface area contributed by atoms with Crippen LogP contribution in [0.5, 0.6) is 0 Å². The monoisotopic (exact) mass is 586 g/mol. The number of nitrogens with zero attached hydrogens (tertiary/aromatic N) is 3. The van der Waals surface area contributed by atoms with Crippen molar-refractivity contribution in [1.29, 1.82) is 0 Å². The van der Waals surface area contributed by atoms with E-state index in [1.807, 2.05) is 4.90 Å². The number of ether oxygens (including phenoxy) is 1. The molecule has 0 aromatic heterocycles. The van der Waals surface area contributed by atoms with Gasteiger partial charge in [-0.2, -0.15) is 26.3 Å². The number of alkyl halides is 6. The summed E-state index contributed by atoms with van der Waals surface area (Å²) in [6.45, 7) is 0.917. The Morgan fingerprint density at radius 2 is 1.63 bits per heavy atom. The van der Waals surface area contributed by atoms with E-state index in [9.17, 15) is 41.3 Å². The van der Waals surface area contributed by atoms with Gasteiger partial charge in [0.25, 0.3) is 5.69 Å². The lowest BCUT2D eigenvalue weighted by Crippen LogP contribution is -2.50. The number of nitrogens with one attached hydrogen (secondary N) is 1. The van der Waals surface area contributed by atoms with Gasteiger partial charge < -0.3 is 19.9 Å². The molecule has 2 saturated heterocycles. The number of likely N-dealkylation sites (tertiary alicyclic amines) is 1. The molecule has 1 amide bonds. The Labute approximate surface area is 231 Å². The Hall–Kier alpha value is -3.55. The van der Waals surface area contributed by atoms with E-state index in [-0.39, 0.29) is 42.4 Å². The summed E-state index contributed by atoms with van der Waals surface area (Å²) in [5.74, 6) is -0.143. The first kappa shape index (κ1) is 29.0. The van der Waals surface area contributed by atoms with Crippen LogP contribution in [0, 0.1) is 10.1 Å². The predicted molar refractivity (Wildman–Crippen MR) is 136 cm³/mol. The average Bonchev–Trinajstić information content (AvgIpc) is 3.53. The largest absolute Gasteiger partial charge is 0.423 e. The Balaban J connectivity index is 1.07. The average molecular weight is 587 g/mol. The van der Waals surface area contributed by atoms with E-state index in [1.165, 1.54) is 18.2 Å². The van der Waals surface area contributed by atoms with Crippen molar-refractivity contribution in [3.63, 3.8) is 0 Å². The molecule has 2 aromatic rings. The zero-order valence-electron chi connectivity index (χ0n) is 21.8. The molecule has 5 rings (SSSR count). The van der Waals surface area contributed by atoms with Crippen molar-refractivity contribution >= 4 is 23.0 Å². The number of anilines is 2. The second-order valence-electron chi connectivity index (χ2n) is 10.7. The molecular weight excluding hydrogens is 558 g/mol. The highest BCUT2D eigenvalue weighted by molar-refractivity contribution is 5.79. The molecule has 3 fully saturated rings. The number of hydrogen-bond donors (Lipinski definition) is 1. The molecule has 1 saturated carbocycles. The minimum atomic E-state index is -4.85. The number of rotatable bonds is 7. The van der Waals surface area contributed by atoms with E-state index in [4.69, 9.17) is 4.74 Å². The highest BCUT2D eigenvalue weighted by atomic mass is 19.4. The van der Waals surface area contributed by atoms with Gasteiger partial charge in [-0.1, -0.05) is 0 Å². The molecule has 2 bridgehead atoms. The normalized spacial score (nSPS) is 24.5. The van der Waals surface area contributed by atoms with Crippen LogP contribution in [-0.4, -0.2) is 59.7 Å². The molecule has 2 heterocycles. The first-order valence-corrected chi connectivity index (χ1v) is 13.3. The number of nitro benzene ring substituents is 1. The number of carbonyl (C=O) groups excluding carboxylic acids is 1. The third-order valence-electron chi connectivity index (χ3n) is 8.07. The molecule has 2 atom stereocenters. The lowest BCUT2D eigenvalue weighted by atomic mass is 9.92. The molecule has 14 heteroatoms. The Morgan fingerprint density at radius 1 is 0.951 bits per heavy atom. The number of benzene rings is 2. The number of nitro groups is 1. The van der Waals surface area contributed by atoms with Crippen LogP contribution in [0.25, 0.3) is 0 Å². The lowest BCUT2D eigenvalue weighted by molar-refractivity contribution is -0.388. The third kappa shape index (κ3) is 6.36. The first-order valence-electron chi connectivity index (χ1n) is 13.3. The quantitative estimate of drug-likeness (QED) is 0.249. The summed E-state index contributed by atoms with van der Waals surface area (Å²) in [5.41, 5.74) is -2.16. The molecule has 1 N–H and O–H groups in total. The van der Waals surface area contributed by atoms with E-state index in [0.717, 1.165) is 30.7 Å². The Kier molecular flexibility index (Phi) is 7.79. The summed E-state index contributed by atoms with van der Waals surface area (Å²) < 4.78 is 84.2. The molecule has 2 aliphatic heterocycles. The molecule has 2 unspecified atom stereocenters. The maximum atomic E-state index is 13.3. The number of fused-ring (bicyclic) bond motifs is 2. The fraction of sp³-hybridized carbons (Fsp3) is 0.519. The molecule has 3 aliphatic rings. The summed E-state index contributed by atoms with van der Waals surface area (Å²) in [6, 6.07) is 7.75. The van der Waals surface area contributed by atoms with E-state index in [2.05, 4.69) is 5.32 Å². The van der Waals surface area contributed by atoms with Crippen LogP contribution >= 0.6 is 0 Å². The van der Waals surface area contributed by atoms with Gasteiger partial charge in [0.1, 0.15) is 12.2 Å². The molecule has 1 aliphatic carbocycles. The molecule has 8 nitrogen and oxygen atoms in total. The second kappa shape index (κ2) is 11.0. The molecule has 0 spiro atoms. The number of carbonyl (C=O) groups is 1. The summed E-state index contributed by atoms with van der Waals surface area (Å²) in [4.78, 5) is 26.6. The highest BCUT2D eigenvalue weighted by Crippen LogP contribution is 2.39. The van der Waals surface area contributed by atoms with Gasteiger partial charge in [-0.15, -0.1) is 0 Å². The summed E-state index contributed by atoms with van der Waals surface area (Å²) in [5, 5.41) is 14.0. The molecule has 0 radical (unpaired) electrons. The minimum absolute atomic E-state index is 0.0273. The van der Waals surface area contributed by atoms with Crippen molar-refractivity contribution in [1.82, 2.24) is 4.90 Å². The molecule has 222 valence electrons. The zero-order valence-corrected chi connectivity index (χ0v) is 21.8. The Bertz CT molecular complexity index is 1280. The second-order valence-corrected chi connectivity index (χ2v) is 10.7. The Morgan fingerprint density at radius 3 is 2.20 bits per heavy atom. The minimum Gasteiger partial charge on any atom is -0.382 e. The van der Waals surface area contributed by atoms with Gasteiger partial charge in [0, 0.05) is 42.6 Å². The third-order valence-corrected chi connectivity index (χ3v) is 8.07. The lowest BCUT2D eigenvalue weighted by Gasteiger charge is -2.36. The van der Waals surface area contributed by atoms with Crippen molar-refractivity contribution in [2.24, 2.45) is 0 Å². The predicted octanol–water partition coefficient (Wildman–Crippen LogP) is 5.86. The van der Waals surface area contributed by atoms with Gasteiger partial charge in [-0.3, -0.25) is 14.9 Å². The van der Waals surface area contributed by atoms with E-state index < -0.39 is 34.1 Å². The van der Waals surface area contributed by atoms with Crippen LogP contribution in [0.2, 0.25) is 0 Å². The molecular formula is C27H28F6N4O4.